The summed E-state index contributed by atoms with van der Waals surface area (Å²) in [7, 11) is 1.34. The molecular formula is C19H24FNO5. The average Bonchev–Trinajstić information content (AvgIpc) is 2.85. The van der Waals surface area contributed by atoms with Crippen LogP contribution in [0, 0.1) is 11.7 Å². The SMILES string of the molecule is COc1ccc(C(=O)CCC(=O)N[C@H]2CCCCC[C@H]2C(=O)O)cc1F. The highest BCUT2D eigenvalue weighted by Crippen LogP contribution is 2.24. The number of aliphatic carboxylic acids is 1. The van der Waals surface area contributed by atoms with Gasteiger partial charge >= 0.3 is 5.97 Å². The van der Waals surface area contributed by atoms with Crippen molar-refractivity contribution < 1.29 is 28.6 Å². The maximum absolute atomic E-state index is 13.7. The third kappa shape index (κ3) is 5.28. The van der Waals surface area contributed by atoms with Gasteiger partial charge in [0.15, 0.2) is 17.3 Å². The molecule has 142 valence electrons. The molecule has 0 aromatic heterocycles. The van der Waals surface area contributed by atoms with Crippen LogP contribution in [0.15, 0.2) is 18.2 Å². The number of carbonyl (C=O) groups is 3. The minimum absolute atomic E-state index is 0.0485. The van der Waals surface area contributed by atoms with E-state index < -0.39 is 23.7 Å². The van der Waals surface area contributed by atoms with Gasteiger partial charge in [0.2, 0.25) is 5.91 Å². The Labute approximate surface area is 151 Å². The van der Waals surface area contributed by atoms with E-state index in [2.05, 4.69) is 5.32 Å². The highest BCUT2D eigenvalue weighted by molar-refractivity contribution is 5.98. The zero-order chi connectivity index (χ0) is 19.1. The van der Waals surface area contributed by atoms with Gasteiger partial charge in [-0.1, -0.05) is 19.3 Å². The maximum atomic E-state index is 13.7. The molecular weight excluding hydrogens is 341 g/mol. The summed E-state index contributed by atoms with van der Waals surface area (Å²) in [5.41, 5.74) is 0.175. The molecule has 0 aliphatic heterocycles. The van der Waals surface area contributed by atoms with E-state index in [-0.39, 0.29) is 35.8 Å². The Morgan fingerprint density at radius 1 is 1.19 bits per heavy atom. The summed E-state index contributed by atoms with van der Waals surface area (Å²) in [6, 6.07) is 3.50. The second-order valence-corrected chi connectivity index (χ2v) is 6.53. The fourth-order valence-electron chi connectivity index (χ4n) is 3.27. The quantitative estimate of drug-likeness (QED) is 0.572. The topological polar surface area (TPSA) is 92.7 Å². The Morgan fingerprint density at radius 2 is 1.92 bits per heavy atom. The molecule has 1 fully saturated rings. The molecule has 1 saturated carbocycles. The predicted octanol–water partition coefficient (Wildman–Crippen LogP) is 2.95. The van der Waals surface area contributed by atoms with Crippen molar-refractivity contribution in [3.05, 3.63) is 29.6 Å². The van der Waals surface area contributed by atoms with Gasteiger partial charge in [-0.3, -0.25) is 14.4 Å². The van der Waals surface area contributed by atoms with Gasteiger partial charge in [0, 0.05) is 24.4 Å². The van der Waals surface area contributed by atoms with Crippen LogP contribution >= 0.6 is 0 Å². The van der Waals surface area contributed by atoms with Crippen molar-refractivity contribution >= 4 is 17.7 Å². The van der Waals surface area contributed by atoms with Crippen molar-refractivity contribution in [2.75, 3.05) is 7.11 Å². The molecule has 0 radical (unpaired) electrons. The molecule has 1 aliphatic carbocycles. The van der Waals surface area contributed by atoms with E-state index in [1.165, 1.54) is 19.2 Å². The van der Waals surface area contributed by atoms with E-state index >= 15 is 0 Å². The third-order valence-corrected chi connectivity index (χ3v) is 4.73. The highest BCUT2D eigenvalue weighted by atomic mass is 19.1. The largest absolute Gasteiger partial charge is 0.494 e. The number of nitrogens with one attached hydrogen (secondary N) is 1. The second-order valence-electron chi connectivity index (χ2n) is 6.53. The number of benzene rings is 1. The van der Waals surface area contributed by atoms with Crippen LogP contribution in [0.2, 0.25) is 0 Å². The van der Waals surface area contributed by atoms with Gasteiger partial charge in [0.1, 0.15) is 0 Å². The number of rotatable bonds is 7. The molecule has 0 bridgehead atoms. The van der Waals surface area contributed by atoms with Crippen LogP contribution in [0.1, 0.15) is 55.3 Å². The summed E-state index contributed by atoms with van der Waals surface area (Å²) in [6.07, 6.45) is 3.71. The van der Waals surface area contributed by atoms with Gasteiger partial charge in [0.25, 0.3) is 0 Å². The maximum Gasteiger partial charge on any atom is 0.308 e. The van der Waals surface area contributed by atoms with Crippen molar-refractivity contribution in [2.24, 2.45) is 5.92 Å². The Hall–Kier alpha value is -2.44. The van der Waals surface area contributed by atoms with Crippen LogP contribution in [-0.2, 0) is 9.59 Å². The summed E-state index contributed by atoms with van der Waals surface area (Å²) in [5, 5.41) is 12.1. The zero-order valence-corrected chi connectivity index (χ0v) is 14.8. The van der Waals surface area contributed by atoms with Crippen LogP contribution in [0.4, 0.5) is 4.39 Å². The van der Waals surface area contributed by atoms with E-state index in [1.807, 2.05) is 0 Å². The fourth-order valence-corrected chi connectivity index (χ4v) is 3.27. The van der Waals surface area contributed by atoms with Crippen molar-refractivity contribution in [1.82, 2.24) is 5.32 Å². The van der Waals surface area contributed by atoms with Gasteiger partial charge in [-0.25, -0.2) is 4.39 Å². The van der Waals surface area contributed by atoms with Crippen LogP contribution in [0.5, 0.6) is 5.75 Å². The molecule has 6 nitrogen and oxygen atoms in total. The molecule has 1 amide bonds. The molecule has 26 heavy (non-hydrogen) atoms. The van der Waals surface area contributed by atoms with Gasteiger partial charge in [-0.2, -0.15) is 0 Å². The molecule has 0 spiro atoms. The summed E-state index contributed by atoms with van der Waals surface area (Å²) >= 11 is 0. The zero-order valence-electron chi connectivity index (χ0n) is 14.8. The van der Waals surface area contributed by atoms with E-state index in [9.17, 15) is 23.9 Å². The first-order valence-corrected chi connectivity index (χ1v) is 8.81. The van der Waals surface area contributed by atoms with E-state index in [1.54, 1.807) is 0 Å². The van der Waals surface area contributed by atoms with Crippen molar-refractivity contribution in [3.8, 4) is 5.75 Å². The number of hydrogen-bond donors (Lipinski definition) is 2. The molecule has 1 aromatic rings. The number of carboxylic acids is 1. The first-order chi connectivity index (χ1) is 12.4. The van der Waals surface area contributed by atoms with Gasteiger partial charge in [-0.05, 0) is 31.0 Å². The standard InChI is InChI=1S/C19H24FNO5/c1-26-17-9-7-12(11-14(17)20)16(22)8-10-18(23)21-15-6-4-2-3-5-13(15)19(24)25/h7,9,11,13,15H,2-6,8,10H2,1H3,(H,21,23)(H,24,25)/t13-,15+/m1/s1. The summed E-state index contributed by atoms with van der Waals surface area (Å²) < 4.78 is 18.5. The monoisotopic (exact) mass is 365 g/mol. The minimum Gasteiger partial charge on any atom is -0.494 e. The van der Waals surface area contributed by atoms with Gasteiger partial charge in [-0.15, -0.1) is 0 Å². The number of ketones is 1. The summed E-state index contributed by atoms with van der Waals surface area (Å²) in [4.78, 5) is 35.7. The van der Waals surface area contributed by atoms with Crippen LogP contribution in [-0.4, -0.2) is 35.9 Å². The Bertz CT molecular complexity index is 676. The number of ether oxygens (including phenoxy) is 1. The molecule has 2 rings (SSSR count). The Balaban J connectivity index is 1.90. The molecule has 0 heterocycles. The predicted molar refractivity (Wildman–Crippen MR) is 92.7 cm³/mol. The van der Waals surface area contributed by atoms with E-state index in [0.717, 1.165) is 25.3 Å². The molecule has 2 atom stereocenters. The number of carboxylic acid groups (broad SMARTS) is 1. The Morgan fingerprint density at radius 3 is 2.58 bits per heavy atom. The number of amides is 1. The molecule has 2 N–H and O–H groups in total. The molecule has 0 unspecified atom stereocenters. The molecule has 0 saturated heterocycles. The van der Waals surface area contributed by atoms with Crippen molar-refractivity contribution in [2.45, 2.75) is 51.0 Å². The lowest BCUT2D eigenvalue weighted by molar-refractivity contribution is -0.143. The van der Waals surface area contributed by atoms with Gasteiger partial charge in [0.05, 0.1) is 13.0 Å². The summed E-state index contributed by atoms with van der Waals surface area (Å²) in [5.74, 6) is -2.78. The normalized spacial score (nSPS) is 20.1. The fraction of sp³-hybridized carbons (Fsp3) is 0.526. The lowest BCUT2D eigenvalue weighted by atomic mass is 9.94. The lowest BCUT2D eigenvalue weighted by Crippen LogP contribution is -2.42. The third-order valence-electron chi connectivity index (χ3n) is 4.73. The molecule has 1 aromatic carbocycles. The van der Waals surface area contributed by atoms with Crippen molar-refractivity contribution in [1.29, 1.82) is 0 Å². The molecule has 7 heteroatoms. The first kappa shape index (κ1) is 19.9. The highest BCUT2D eigenvalue weighted by Gasteiger charge is 2.30. The second kappa shape index (κ2) is 9.31. The molecule has 1 aliphatic rings. The number of Topliss-reactive ketones (excluding diaryl/α,β-unsaturated/α-hetero) is 1. The minimum atomic E-state index is -0.901. The van der Waals surface area contributed by atoms with Crippen molar-refractivity contribution in [3.63, 3.8) is 0 Å². The smallest absolute Gasteiger partial charge is 0.308 e. The van der Waals surface area contributed by atoms with E-state index in [0.29, 0.717) is 12.8 Å². The van der Waals surface area contributed by atoms with Crippen LogP contribution < -0.4 is 10.1 Å². The van der Waals surface area contributed by atoms with Gasteiger partial charge < -0.3 is 15.2 Å². The number of methoxy groups -OCH3 is 1. The number of halogens is 1. The summed E-state index contributed by atoms with van der Waals surface area (Å²) in [6.45, 7) is 0. The van der Waals surface area contributed by atoms with E-state index in [4.69, 9.17) is 4.74 Å². The lowest BCUT2D eigenvalue weighted by Gasteiger charge is -2.22. The van der Waals surface area contributed by atoms with Crippen LogP contribution in [0.25, 0.3) is 0 Å². The number of hydrogen-bond acceptors (Lipinski definition) is 4. The number of carbonyl (C=O) groups excluding carboxylic acids is 2. The first-order valence-electron chi connectivity index (χ1n) is 8.81. The Kier molecular flexibility index (Phi) is 7.12. The van der Waals surface area contributed by atoms with Crippen LogP contribution in [0.3, 0.4) is 0 Å². The average molecular weight is 365 g/mol.